The van der Waals surface area contributed by atoms with Gasteiger partial charge in [0.1, 0.15) is 0 Å². The van der Waals surface area contributed by atoms with Crippen LogP contribution in [0.2, 0.25) is 5.02 Å². The Morgan fingerprint density at radius 3 is 2.81 bits per heavy atom. The minimum absolute atomic E-state index is 0.151. The molecule has 1 heterocycles. The quantitative estimate of drug-likeness (QED) is 0.807. The monoisotopic (exact) mass is 252 g/mol. The molecule has 2 aromatic rings. The van der Waals surface area contributed by atoms with Crippen molar-refractivity contribution >= 4 is 40.2 Å². The molecule has 5 heteroatoms. The highest BCUT2D eigenvalue weighted by Crippen LogP contribution is 2.23. The molecule has 1 aromatic carbocycles. The number of rotatable bonds is 2. The fourth-order valence-corrected chi connectivity index (χ4v) is 2.02. The first-order valence-electron chi connectivity index (χ1n) is 4.55. The standard InChI is InChI=1S/C11H9ClN2OS/c12-9-5-8(1-2-10(9)13)14-11(15)7-3-4-16-6-7/h1-6H,13H2,(H,14,15). The number of amides is 1. The van der Waals surface area contributed by atoms with Crippen LogP contribution in [0.25, 0.3) is 0 Å². The van der Waals surface area contributed by atoms with Crippen molar-refractivity contribution in [3.63, 3.8) is 0 Å². The molecule has 0 bridgehead atoms. The van der Waals surface area contributed by atoms with Gasteiger partial charge in [-0.15, -0.1) is 0 Å². The van der Waals surface area contributed by atoms with Gasteiger partial charge in [0.15, 0.2) is 0 Å². The van der Waals surface area contributed by atoms with E-state index in [0.29, 0.717) is 22.0 Å². The van der Waals surface area contributed by atoms with Gasteiger partial charge in [-0.1, -0.05) is 11.6 Å². The minimum Gasteiger partial charge on any atom is -0.398 e. The fraction of sp³-hybridized carbons (Fsp3) is 0. The molecule has 0 aliphatic carbocycles. The molecular weight excluding hydrogens is 244 g/mol. The Balaban J connectivity index is 2.15. The number of nitrogens with two attached hydrogens (primary N) is 1. The molecule has 0 aliphatic rings. The van der Waals surface area contributed by atoms with Gasteiger partial charge in [-0.3, -0.25) is 4.79 Å². The summed E-state index contributed by atoms with van der Waals surface area (Å²) >= 11 is 7.33. The molecule has 0 fully saturated rings. The van der Waals surface area contributed by atoms with Crippen molar-refractivity contribution in [1.82, 2.24) is 0 Å². The summed E-state index contributed by atoms with van der Waals surface area (Å²) in [6, 6.07) is 6.76. The van der Waals surface area contributed by atoms with E-state index in [4.69, 9.17) is 17.3 Å². The minimum atomic E-state index is -0.151. The van der Waals surface area contributed by atoms with E-state index in [0.717, 1.165) is 0 Å². The number of hydrogen-bond acceptors (Lipinski definition) is 3. The number of carbonyl (C=O) groups excluding carboxylic acids is 1. The lowest BCUT2D eigenvalue weighted by molar-refractivity contribution is 0.102. The largest absolute Gasteiger partial charge is 0.398 e. The van der Waals surface area contributed by atoms with E-state index in [2.05, 4.69) is 5.32 Å². The normalized spacial score (nSPS) is 10.1. The predicted octanol–water partition coefficient (Wildman–Crippen LogP) is 3.24. The zero-order chi connectivity index (χ0) is 11.5. The molecule has 0 aliphatic heterocycles. The number of carbonyl (C=O) groups is 1. The van der Waals surface area contributed by atoms with Crippen LogP contribution < -0.4 is 11.1 Å². The van der Waals surface area contributed by atoms with E-state index in [1.54, 1.807) is 29.6 Å². The molecular formula is C11H9ClN2OS. The van der Waals surface area contributed by atoms with E-state index >= 15 is 0 Å². The molecule has 0 unspecified atom stereocenters. The average molecular weight is 253 g/mol. The van der Waals surface area contributed by atoms with Crippen LogP contribution in [0.5, 0.6) is 0 Å². The van der Waals surface area contributed by atoms with E-state index in [9.17, 15) is 4.79 Å². The summed E-state index contributed by atoms with van der Waals surface area (Å²) in [7, 11) is 0. The van der Waals surface area contributed by atoms with Gasteiger partial charge in [0.05, 0.1) is 16.3 Å². The van der Waals surface area contributed by atoms with Crippen molar-refractivity contribution in [3.05, 3.63) is 45.6 Å². The highest BCUT2D eigenvalue weighted by Gasteiger charge is 2.06. The highest BCUT2D eigenvalue weighted by atomic mass is 35.5. The smallest absolute Gasteiger partial charge is 0.256 e. The molecule has 2 rings (SSSR count). The molecule has 1 aromatic heterocycles. The molecule has 82 valence electrons. The van der Waals surface area contributed by atoms with Crippen LogP contribution in [-0.4, -0.2) is 5.91 Å². The van der Waals surface area contributed by atoms with Crippen molar-refractivity contribution in [2.75, 3.05) is 11.1 Å². The number of halogens is 1. The first kappa shape index (κ1) is 11.0. The first-order valence-corrected chi connectivity index (χ1v) is 5.87. The maximum atomic E-state index is 11.7. The maximum absolute atomic E-state index is 11.7. The summed E-state index contributed by atoms with van der Waals surface area (Å²) in [6.07, 6.45) is 0. The van der Waals surface area contributed by atoms with E-state index < -0.39 is 0 Å². The van der Waals surface area contributed by atoms with Crippen LogP contribution in [0.3, 0.4) is 0 Å². The zero-order valence-electron chi connectivity index (χ0n) is 8.24. The Labute approximate surface area is 102 Å². The van der Waals surface area contributed by atoms with Crippen molar-refractivity contribution in [2.24, 2.45) is 0 Å². The third kappa shape index (κ3) is 2.35. The predicted molar refractivity (Wildman–Crippen MR) is 68.1 cm³/mol. The summed E-state index contributed by atoms with van der Waals surface area (Å²) in [5.41, 5.74) is 7.34. The van der Waals surface area contributed by atoms with Gasteiger partial charge in [-0.25, -0.2) is 0 Å². The van der Waals surface area contributed by atoms with Crippen LogP contribution in [0.4, 0.5) is 11.4 Å². The molecule has 0 atom stereocenters. The Morgan fingerprint density at radius 1 is 1.38 bits per heavy atom. The van der Waals surface area contributed by atoms with Crippen LogP contribution in [0.15, 0.2) is 35.0 Å². The maximum Gasteiger partial charge on any atom is 0.256 e. The highest BCUT2D eigenvalue weighted by molar-refractivity contribution is 7.08. The SMILES string of the molecule is Nc1ccc(NC(=O)c2ccsc2)cc1Cl. The average Bonchev–Trinajstić information content (AvgIpc) is 2.77. The lowest BCUT2D eigenvalue weighted by Crippen LogP contribution is -2.10. The molecule has 0 radical (unpaired) electrons. The van der Waals surface area contributed by atoms with Crippen molar-refractivity contribution in [1.29, 1.82) is 0 Å². The number of thiophene rings is 1. The Bertz CT molecular complexity index is 511. The molecule has 16 heavy (non-hydrogen) atoms. The summed E-state index contributed by atoms with van der Waals surface area (Å²) in [5.74, 6) is -0.151. The van der Waals surface area contributed by atoms with Gasteiger partial charge < -0.3 is 11.1 Å². The van der Waals surface area contributed by atoms with Gasteiger partial charge in [0.2, 0.25) is 0 Å². The third-order valence-electron chi connectivity index (χ3n) is 2.04. The van der Waals surface area contributed by atoms with Crippen LogP contribution in [-0.2, 0) is 0 Å². The molecule has 0 saturated heterocycles. The van der Waals surface area contributed by atoms with Gasteiger partial charge >= 0.3 is 0 Å². The number of hydrogen-bond donors (Lipinski definition) is 2. The second-order valence-corrected chi connectivity index (χ2v) is 4.39. The lowest BCUT2D eigenvalue weighted by Gasteiger charge is -2.05. The Hall–Kier alpha value is -1.52. The molecule has 3 nitrogen and oxygen atoms in total. The van der Waals surface area contributed by atoms with Crippen LogP contribution >= 0.6 is 22.9 Å². The van der Waals surface area contributed by atoms with Crippen molar-refractivity contribution < 1.29 is 4.79 Å². The van der Waals surface area contributed by atoms with E-state index in [1.165, 1.54) is 11.3 Å². The van der Waals surface area contributed by atoms with Gasteiger partial charge in [0.25, 0.3) is 5.91 Å². The van der Waals surface area contributed by atoms with Gasteiger partial charge in [-0.2, -0.15) is 11.3 Å². The van der Waals surface area contributed by atoms with E-state index in [1.807, 2.05) is 5.38 Å². The summed E-state index contributed by atoms with van der Waals surface area (Å²) in [6.45, 7) is 0. The third-order valence-corrected chi connectivity index (χ3v) is 3.05. The lowest BCUT2D eigenvalue weighted by atomic mass is 10.2. The van der Waals surface area contributed by atoms with Crippen molar-refractivity contribution in [2.45, 2.75) is 0 Å². The number of benzene rings is 1. The Kier molecular flexibility index (Phi) is 3.12. The first-order chi connectivity index (χ1) is 7.66. The van der Waals surface area contributed by atoms with Crippen molar-refractivity contribution in [3.8, 4) is 0 Å². The molecule has 3 N–H and O–H groups in total. The second-order valence-electron chi connectivity index (χ2n) is 3.20. The number of anilines is 2. The fourth-order valence-electron chi connectivity index (χ4n) is 1.20. The number of nitrogen functional groups attached to an aromatic ring is 1. The van der Waals surface area contributed by atoms with Gasteiger partial charge in [0, 0.05) is 11.1 Å². The topological polar surface area (TPSA) is 55.1 Å². The summed E-state index contributed by atoms with van der Waals surface area (Å²) in [5, 5.41) is 6.81. The van der Waals surface area contributed by atoms with Gasteiger partial charge in [-0.05, 0) is 29.6 Å². The second kappa shape index (κ2) is 4.55. The van der Waals surface area contributed by atoms with E-state index in [-0.39, 0.29) is 5.91 Å². The number of nitrogens with one attached hydrogen (secondary N) is 1. The zero-order valence-corrected chi connectivity index (χ0v) is 9.81. The Morgan fingerprint density at radius 2 is 2.19 bits per heavy atom. The summed E-state index contributed by atoms with van der Waals surface area (Å²) in [4.78, 5) is 11.7. The molecule has 0 saturated carbocycles. The molecule has 1 amide bonds. The molecule has 0 spiro atoms. The van der Waals surface area contributed by atoms with Crippen LogP contribution in [0, 0.1) is 0 Å². The van der Waals surface area contributed by atoms with Crippen LogP contribution in [0.1, 0.15) is 10.4 Å². The summed E-state index contributed by atoms with van der Waals surface area (Å²) < 4.78 is 0.